The molecule has 1 aromatic carbocycles. The number of anilines is 1. The van der Waals surface area contributed by atoms with Crippen LogP contribution in [0, 0.1) is 0 Å². The zero-order valence-electron chi connectivity index (χ0n) is 13.3. The molecule has 2 aromatic heterocycles. The van der Waals surface area contributed by atoms with Gasteiger partial charge in [-0.1, -0.05) is 17.7 Å². The molecule has 0 aliphatic rings. The van der Waals surface area contributed by atoms with Crippen LogP contribution in [0.15, 0.2) is 53.9 Å². The van der Waals surface area contributed by atoms with Crippen LogP contribution in [-0.4, -0.2) is 28.0 Å². The predicted octanol–water partition coefficient (Wildman–Crippen LogP) is 2.59. The molecule has 0 atom stereocenters. The van der Waals surface area contributed by atoms with Crippen molar-refractivity contribution in [1.82, 2.24) is 19.6 Å². The van der Waals surface area contributed by atoms with Crippen LogP contribution in [0.5, 0.6) is 5.75 Å². The van der Waals surface area contributed by atoms with E-state index in [2.05, 4.69) is 14.9 Å². The Morgan fingerprint density at radius 3 is 2.72 bits per heavy atom. The first-order valence-electron chi connectivity index (χ1n) is 7.42. The van der Waals surface area contributed by atoms with Crippen LogP contribution in [0.1, 0.15) is 6.92 Å². The number of ether oxygens (including phenoxy) is 1. The largest absolute Gasteiger partial charge is 0.471 e. The Morgan fingerprint density at radius 2 is 2.00 bits per heavy atom. The molecule has 132 valence electrons. The smallest absolute Gasteiger partial charge is 0.265 e. The first kappa shape index (κ1) is 17.3. The van der Waals surface area contributed by atoms with E-state index in [1.165, 1.54) is 34.2 Å². The van der Waals surface area contributed by atoms with Crippen molar-refractivity contribution in [2.45, 2.75) is 25.1 Å². The second kappa shape index (κ2) is 7.16. The van der Waals surface area contributed by atoms with Crippen molar-refractivity contribution >= 4 is 27.3 Å². The van der Waals surface area contributed by atoms with Gasteiger partial charge >= 0.3 is 0 Å². The molecule has 0 fully saturated rings. The summed E-state index contributed by atoms with van der Waals surface area (Å²) in [6, 6.07) is 6.97. The lowest BCUT2D eigenvalue weighted by molar-refractivity contribution is 0.221. The van der Waals surface area contributed by atoms with Crippen molar-refractivity contribution in [3.63, 3.8) is 0 Å². The van der Waals surface area contributed by atoms with Crippen LogP contribution in [0.4, 0.5) is 5.69 Å². The van der Waals surface area contributed by atoms with Gasteiger partial charge in [-0.2, -0.15) is 10.2 Å². The molecular weight excluding hydrogens is 366 g/mol. The summed E-state index contributed by atoms with van der Waals surface area (Å²) in [5, 5.41) is 8.60. The van der Waals surface area contributed by atoms with Gasteiger partial charge in [0.15, 0.2) is 6.73 Å². The standard InChI is InChI=1S/C15H16ClN5O3S/c1-2-20-10-15(8-18-20)25(22,23)19-13-7-17-21(9-13)11-24-14-5-3-4-12(16)6-14/h3-10,19H,2,11H2,1H3. The Kier molecular flexibility index (Phi) is 4.95. The fourth-order valence-electron chi connectivity index (χ4n) is 2.05. The number of nitrogens with zero attached hydrogens (tertiary/aromatic N) is 4. The quantitative estimate of drug-likeness (QED) is 0.679. The lowest BCUT2D eigenvalue weighted by Gasteiger charge is -2.06. The fourth-order valence-corrected chi connectivity index (χ4v) is 3.21. The average Bonchev–Trinajstić information content (AvgIpc) is 3.22. The van der Waals surface area contributed by atoms with Crippen molar-refractivity contribution in [3.05, 3.63) is 54.1 Å². The molecule has 25 heavy (non-hydrogen) atoms. The number of nitrogens with one attached hydrogen (secondary N) is 1. The molecule has 3 rings (SSSR count). The third-order valence-electron chi connectivity index (χ3n) is 3.29. The molecule has 3 aromatic rings. The summed E-state index contributed by atoms with van der Waals surface area (Å²) < 4.78 is 35.6. The van der Waals surface area contributed by atoms with Crippen LogP contribution in [0.25, 0.3) is 0 Å². The third-order valence-corrected chi connectivity index (χ3v) is 4.86. The number of rotatable bonds is 7. The number of sulfonamides is 1. The van der Waals surface area contributed by atoms with Gasteiger partial charge in [-0.25, -0.2) is 13.1 Å². The van der Waals surface area contributed by atoms with Crippen LogP contribution in [-0.2, 0) is 23.3 Å². The van der Waals surface area contributed by atoms with Gasteiger partial charge in [0.25, 0.3) is 10.0 Å². The van der Waals surface area contributed by atoms with E-state index in [1.54, 1.807) is 24.3 Å². The molecule has 0 amide bonds. The van der Waals surface area contributed by atoms with E-state index in [0.29, 0.717) is 23.0 Å². The van der Waals surface area contributed by atoms with E-state index in [4.69, 9.17) is 16.3 Å². The average molecular weight is 382 g/mol. The van der Waals surface area contributed by atoms with Gasteiger partial charge in [0, 0.05) is 17.8 Å². The summed E-state index contributed by atoms with van der Waals surface area (Å²) in [6.45, 7) is 2.59. The molecule has 10 heteroatoms. The monoisotopic (exact) mass is 381 g/mol. The number of benzene rings is 1. The summed E-state index contributed by atoms with van der Waals surface area (Å²) in [5.41, 5.74) is 0.332. The second-order valence-electron chi connectivity index (χ2n) is 5.14. The highest BCUT2D eigenvalue weighted by Crippen LogP contribution is 2.18. The number of hydrogen-bond donors (Lipinski definition) is 1. The fraction of sp³-hybridized carbons (Fsp3) is 0.200. The van der Waals surface area contributed by atoms with Crippen molar-refractivity contribution in [2.24, 2.45) is 0 Å². The highest BCUT2D eigenvalue weighted by atomic mass is 35.5. The first-order chi connectivity index (χ1) is 12.0. The number of aryl methyl sites for hydroxylation is 1. The molecule has 0 aliphatic carbocycles. The van der Waals surface area contributed by atoms with Gasteiger partial charge in [-0.05, 0) is 25.1 Å². The molecule has 8 nitrogen and oxygen atoms in total. The van der Waals surface area contributed by atoms with Crippen molar-refractivity contribution in [3.8, 4) is 5.75 Å². The summed E-state index contributed by atoms with van der Waals surface area (Å²) in [7, 11) is -3.71. The van der Waals surface area contributed by atoms with Crippen molar-refractivity contribution in [1.29, 1.82) is 0 Å². The molecule has 0 saturated heterocycles. The third kappa shape index (κ3) is 4.31. The van der Waals surface area contributed by atoms with Crippen molar-refractivity contribution in [2.75, 3.05) is 4.72 Å². The highest BCUT2D eigenvalue weighted by molar-refractivity contribution is 7.92. The number of hydrogen-bond acceptors (Lipinski definition) is 5. The van der Waals surface area contributed by atoms with Gasteiger partial charge in [-0.3, -0.25) is 9.40 Å². The van der Waals surface area contributed by atoms with Crippen LogP contribution < -0.4 is 9.46 Å². The lowest BCUT2D eigenvalue weighted by atomic mass is 10.3. The molecule has 0 saturated carbocycles. The summed E-state index contributed by atoms with van der Waals surface area (Å²) in [6.07, 6.45) is 5.71. The zero-order chi connectivity index (χ0) is 17.9. The summed E-state index contributed by atoms with van der Waals surface area (Å²) >= 11 is 5.89. The molecular formula is C15H16ClN5O3S. The maximum atomic E-state index is 12.3. The van der Waals surface area contributed by atoms with E-state index >= 15 is 0 Å². The predicted molar refractivity (Wildman–Crippen MR) is 93.0 cm³/mol. The highest BCUT2D eigenvalue weighted by Gasteiger charge is 2.17. The van der Waals surface area contributed by atoms with E-state index in [9.17, 15) is 8.42 Å². The van der Waals surface area contributed by atoms with E-state index in [-0.39, 0.29) is 11.6 Å². The van der Waals surface area contributed by atoms with Gasteiger partial charge in [0.2, 0.25) is 0 Å². The Bertz CT molecular complexity index is 967. The topological polar surface area (TPSA) is 91.0 Å². The minimum absolute atomic E-state index is 0.0947. The second-order valence-corrected chi connectivity index (χ2v) is 7.26. The Labute approximate surface area is 150 Å². The van der Waals surface area contributed by atoms with Crippen LogP contribution >= 0.6 is 11.6 Å². The Morgan fingerprint density at radius 1 is 1.20 bits per heavy atom. The minimum Gasteiger partial charge on any atom is -0.471 e. The maximum Gasteiger partial charge on any atom is 0.265 e. The van der Waals surface area contributed by atoms with Gasteiger partial charge < -0.3 is 4.74 Å². The van der Waals surface area contributed by atoms with Gasteiger partial charge in [0.1, 0.15) is 10.6 Å². The number of halogens is 1. The zero-order valence-corrected chi connectivity index (χ0v) is 14.9. The molecule has 2 heterocycles. The van der Waals surface area contributed by atoms with E-state index < -0.39 is 10.0 Å². The minimum atomic E-state index is -3.71. The van der Waals surface area contributed by atoms with E-state index in [0.717, 1.165) is 0 Å². The lowest BCUT2D eigenvalue weighted by Crippen LogP contribution is -2.12. The normalized spacial score (nSPS) is 11.4. The molecule has 0 spiro atoms. The van der Waals surface area contributed by atoms with E-state index in [1.807, 2.05) is 6.92 Å². The summed E-state index contributed by atoms with van der Waals surface area (Å²) in [5.74, 6) is 0.595. The molecule has 0 aliphatic heterocycles. The number of aromatic nitrogens is 4. The SMILES string of the molecule is CCn1cc(S(=O)(=O)Nc2cnn(COc3cccc(Cl)c3)c2)cn1. The van der Waals surface area contributed by atoms with Gasteiger partial charge in [0.05, 0.1) is 24.3 Å². The molecule has 1 N–H and O–H groups in total. The van der Waals surface area contributed by atoms with Gasteiger partial charge in [-0.15, -0.1) is 0 Å². The van der Waals surface area contributed by atoms with Crippen LogP contribution in [0.2, 0.25) is 5.02 Å². The Hall–Kier alpha value is -2.52. The summed E-state index contributed by atoms with van der Waals surface area (Å²) in [4.78, 5) is 0.0947. The molecule has 0 radical (unpaired) electrons. The van der Waals surface area contributed by atoms with Crippen molar-refractivity contribution < 1.29 is 13.2 Å². The Balaban J connectivity index is 1.65. The molecule has 0 unspecified atom stereocenters. The first-order valence-corrected chi connectivity index (χ1v) is 9.28. The maximum absolute atomic E-state index is 12.3. The molecule has 0 bridgehead atoms. The van der Waals surface area contributed by atoms with Crippen LogP contribution in [0.3, 0.4) is 0 Å².